The number of benzene rings is 2. The smallest absolute Gasteiger partial charge is 0.310 e. The lowest BCUT2D eigenvalue weighted by atomic mass is 9.79. The predicted octanol–water partition coefficient (Wildman–Crippen LogP) is 3.73. The van der Waals surface area contributed by atoms with E-state index in [0.29, 0.717) is 22.0 Å². The Morgan fingerprint density at radius 3 is 2.31 bits per heavy atom. The number of anilines is 2. The summed E-state index contributed by atoms with van der Waals surface area (Å²) in [5.41, 5.74) is 1.72. The molecule has 0 unspecified atom stereocenters. The molecular weight excluding hydrogens is 392 g/mol. The molecule has 6 nitrogen and oxygen atoms in total. The summed E-state index contributed by atoms with van der Waals surface area (Å²) < 4.78 is 5.40. The van der Waals surface area contributed by atoms with E-state index in [1.165, 1.54) is 0 Å². The quantitative estimate of drug-likeness (QED) is 0.752. The number of ether oxygens (including phenoxy) is 1. The minimum Gasteiger partial charge on any atom is -0.462 e. The summed E-state index contributed by atoms with van der Waals surface area (Å²) in [6.45, 7) is 0. The number of carbonyl (C=O) groups excluding carboxylic acids is 3. The van der Waals surface area contributed by atoms with Crippen molar-refractivity contribution in [3.63, 3.8) is 0 Å². The van der Waals surface area contributed by atoms with E-state index in [0.717, 1.165) is 12.8 Å². The third kappa shape index (κ3) is 3.17. The van der Waals surface area contributed by atoms with E-state index in [-0.39, 0.29) is 47.6 Å². The first-order chi connectivity index (χ1) is 14.0. The Balaban J connectivity index is 1.24. The van der Waals surface area contributed by atoms with Crippen molar-refractivity contribution >= 4 is 40.8 Å². The van der Waals surface area contributed by atoms with Crippen LogP contribution in [0.1, 0.15) is 23.2 Å². The van der Waals surface area contributed by atoms with Crippen molar-refractivity contribution in [3.8, 4) is 0 Å². The molecule has 0 aromatic heterocycles. The van der Waals surface area contributed by atoms with E-state index in [1.807, 2.05) is 0 Å². The highest BCUT2D eigenvalue weighted by molar-refractivity contribution is 6.30. The van der Waals surface area contributed by atoms with Crippen LogP contribution in [0.4, 0.5) is 11.4 Å². The third-order valence-corrected chi connectivity index (χ3v) is 6.55. The summed E-state index contributed by atoms with van der Waals surface area (Å²) in [6.07, 6.45) is 1.69. The molecule has 0 spiro atoms. The summed E-state index contributed by atoms with van der Waals surface area (Å²) in [6, 6.07) is 13.5. The summed E-state index contributed by atoms with van der Waals surface area (Å²) in [4.78, 5) is 37.3. The molecule has 1 aliphatic heterocycles. The molecule has 29 heavy (non-hydrogen) atoms. The van der Waals surface area contributed by atoms with E-state index in [1.54, 1.807) is 48.5 Å². The maximum absolute atomic E-state index is 12.8. The van der Waals surface area contributed by atoms with Crippen LogP contribution in [-0.4, -0.2) is 23.9 Å². The molecule has 2 aromatic rings. The van der Waals surface area contributed by atoms with Gasteiger partial charge in [-0.05, 0) is 67.3 Å². The van der Waals surface area contributed by atoms with Crippen LogP contribution in [0.15, 0.2) is 48.5 Å². The zero-order valence-electron chi connectivity index (χ0n) is 15.4. The summed E-state index contributed by atoms with van der Waals surface area (Å²) in [5.74, 6) is -0.832. The average molecular weight is 411 g/mol. The van der Waals surface area contributed by atoms with Crippen molar-refractivity contribution in [2.75, 3.05) is 10.6 Å². The molecule has 0 radical (unpaired) electrons. The number of esters is 1. The molecule has 2 N–H and O–H groups in total. The van der Waals surface area contributed by atoms with Crippen LogP contribution >= 0.6 is 11.6 Å². The monoisotopic (exact) mass is 410 g/mol. The van der Waals surface area contributed by atoms with Crippen molar-refractivity contribution in [2.24, 2.45) is 23.7 Å². The molecule has 3 fully saturated rings. The second-order valence-electron chi connectivity index (χ2n) is 7.95. The molecule has 5 rings (SSSR count). The van der Waals surface area contributed by atoms with Gasteiger partial charge in [0.1, 0.15) is 6.10 Å². The SMILES string of the molecule is O=C(Nc1ccc(Cl)cc1)c1ccc(NC(=O)[C@@H]2[C@@H]3C[C@@H]4[C@@H]2C(=O)O[C@H]4C3)cc1. The fourth-order valence-electron chi connectivity index (χ4n) is 5.03. The Hall–Kier alpha value is -2.86. The molecule has 148 valence electrons. The second-order valence-corrected chi connectivity index (χ2v) is 8.39. The highest BCUT2D eigenvalue weighted by atomic mass is 35.5. The Kier molecular flexibility index (Phi) is 4.32. The van der Waals surface area contributed by atoms with Crippen molar-refractivity contribution < 1.29 is 19.1 Å². The minimum atomic E-state index is -0.320. The zero-order valence-corrected chi connectivity index (χ0v) is 16.2. The normalized spacial score (nSPS) is 28.9. The number of fused-ring (bicyclic) bond motifs is 1. The van der Waals surface area contributed by atoms with Crippen LogP contribution in [0.2, 0.25) is 5.02 Å². The number of carbonyl (C=O) groups is 3. The Bertz CT molecular complexity index is 987. The molecule has 1 heterocycles. The van der Waals surface area contributed by atoms with Crippen molar-refractivity contribution in [1.29, 1.82) is 0 Å². The molecule has 3 aliphatic rings. The molecule has 2 saturated carbocycles. The maximum Gasteiger partial charge on any atom is 0.310 e. The average Bonchev–Trinajstić information content (AvgIpc) is 3.33. The molecule has 2 bridgehead atoms. The van der Waals surface area contributed by atoms with Gasteiger partial charge >= 0.3 is 5.97 Å². The number of hydrogen-bond donors (Lipinski definition) is 2. The van der Waals surface area contributed by atoms with E-state index >= 15 is 0 Å². The summed E-state index contributed by atoms with van der Waals surface area (Å²) in [7, 11) is 0. The first kappa shape index (κ1) is 18.2. The first-order valence-electron chi connectivity index (χ1n) is 9.68. The molecule has 2 amide bonds. The largest absolute Gasteiger partial charge is 0.462 e. The predicted molar refractivity (Wildman–Crippen MR) is 108 cm³/mol. The standard InChI is InChI=1S/C22H19ClN2O4/c23-13-3-7-15(8-4-13)24-20(26)11-1-5-14(6-2-11)25-21(27)18-12-9-16-17(10-12)29-22(28)19(16)18/h1-8,12,16-19H,9-10H2,(H,24,26)(H,25,27)/t12-,16+,17+,18-,19+/m1/s1. The van der Waals surface area contributed by atoms with Gasteiger partial charge in [0.25, 0.3) is 5.91 Å². The number of halogens is 1. The van der Waals surface area contributed by atoms with Crippen LogP contribution in [-0.2, 0) is 14.3 Å². The topological polar surface area (TPSA) is 84.5 Å². The maximum atomic E-state index is 12.8. The van der Waals surface area contributed by atoms with Gasteiger partial charge in [-0.1, -0.05) is 11.6 Å². The van der Waals surface area contributed by atoms with Crippen LogP contribution in [0, 0.1) is 23.7 Å². The highest BCUT2D eigenvalue weighted by Crippen LogP contribution is 2.57. The third-order valence-electron chi connectivity index (χ3n) is 6.30. The van der Waals surface area contributed by atoms with Gasteiger partial charge in [-0.15, -0.1) is 0 Å². The van der Waals surface area contributed by atoms with E-state index in [9.17, 15) is 14.4 Å². The lowest BCUT2D eigenvalue weighted by Gasteiger charge is -2.23. The minimum absolute atomic E-state index is 0.0139. The second kappa shape index (κ2) is 6.88. The van der Waals surface area contributed by atoms with Gasteiger partial charge in [0, 0.05) is 27.9 Å². The van der Waals surface area contributed by atoms with Gasteiger partial charge in [-0.3, -0.25) is 14.4 Å². The fourth-order valence-corrected chi connectivity index (χ4v) is 5.16. The number of nitrogens with one attached hydrogen (secondary N) is 2. The Morgan fingerprint density at radius 2 is 1.59 bits per heavy atom. The summed E-state index contributed by atoms with van der Waals surface area (Å²) in [5, 5.41) is 6.29. The number of rotatable bonds is 4. The van der Waals surface area contributed by atoms with Crippen molar-refractivity contribution in [1.82, 2.24) is 0 Å². The van der Waals surface area contributed by atoms with Crippen LogP contribution in [0.3, 0.4) is 0 Å². The highest BCUT2D eigenvalue weighted by Gasteiger charge is 2.63. The van der Waals surface area contributed by atoms with Crippen LogP contribution < -0.4 is 10.6 Å². The van der Waals surface area contributed by atoms with Gasteiger partial charge in [-0.25, -0.2) is 0 Å². The molecule has 2 aromatic carbocycles. The first-order valence-corrected chi connectivity index (χ1v) is 10.1. The lowest BCUT2D eigenvalue weighted by Crippen LogP contribution is -2.35. The van der Waals surface area contributed by atoms with Gasteiger partial charge in [0.15, 0.2) is 0 Å². The molecule has 2 aliphatic carbocycles. The summed E-state index contributed by atoms with van der Waals surface area (Å²) >= 11 is 5.85. The van der Waals surface area contributed by atoms with E-state index in [4.69, 9.17) is 16.3 Å². The van der Waals surface area contributed by atoms with E-state index < -0.39 is 0 Å². The number of hydrogen-bond acceptors (Lipinski definition) is 4. The van der Waals surface area contributed by atoms with Crippen molar-refractivity contribution in [3.05, 3.63) is 59.1 Å². The zero-order chi connectivity index (χ0) is 20.1. The van der Waals surface area contributed by atoms with Gasteiger partial charge in [0.2, 0.25) is 5.91 Å². The molecule has 1 saturated heterocycles. The van der Waals surface area contributed by atoms with E-state index in [2.05, 4.69) is 10.6 Å². The lowest BCUT2D eigenvalue weighted by molar-refractivity contribution is -0.145. The molecular formula is C22H19ClN2O4. The Morgan fingerprint density at radius 1 is 0.931 bits per heavy atom. The van der Waals surface area contributed by atoms with Crippen molar-refractivity contribution in [2.45, 2.75) is 18.9 Å². The number of amides is 2. The van der Waals surface area contributed by atoms with Crippen LogP contribution in [0.25, 0.3) is 0 Å². The molecule has 5 atom stereocenters. The Labute approximate surface area is 172 Å². The van der Waals surface area contributed by atoms with Gasteiger partial charge in [-0.2, -0.15) is 0 Å². The fraction of sp³-hybridized carbons (Fsp3) is 0.318. The van der Waals surface area contributed by atoms with Gasteiger partial charge in [0.05, 0.1) is 11.8 Å². The molecule has 7 heteroatoms. The van der Waals surface area contributed by atoms with Gasteiger partial charge < -0.3 is 15.4 Å². The van der Waals surface area contributed by atoms with Crippen LogP contribution in [0.5, 0.6) is 0 Å².